The van der Waals surface area contributed by atoms with E-state index in [-0.39, 0.29) is 5.41 Å². The van der Waals surface area contributed by atoms with Crippen LogP contribution in [0.2, 0.25) is 0 Å². The molecular formula is C18H31NO2S. The van der Waals surface area contributed by atoms with E-state index in [0.29, 0.717) is 18.0 Å². The highest BCUT2D eigenvalue weighted by Crippen LogP contribution is 2.27. The van der Waals surface area contributed by atoms with Gasteiger partial charge in [0.05, 0.1) is 4.90 Å². The average molecular weight is 326 g/mol. The summed E-state index contributed by atoms with van der Waals surface area (Å²) in [6.45, 7) is 11.9. The van der Waals surface area contributed by atoms with Gasteiger partial charge in [-0.15, -0.1) is 0 Å². The van der Waals surface area contributed by atoms with Crippen LogP contribution >= 0.6 is 0 Å². The van der Waals surface area contributed by atoms with E-state index in [4.69, 9.17) is 0 Å². The summed E-state index contributed by atoms with van der Waals surface area (Å²) in [5.41, 5.74) is 1.03. The van der Waals surface area contributed by atoms with Gasteiger partial charge in [-0.2, -0.15) is 4.31 Å². The van der Waals surface area contributed by atoms with Crippen LogP contribution in [-0.2, 0) is 15.4 Å². The molecule has 1 aromatic carbocycles. The summed E-state index contributed by atoms with van der Waals surface area (Å²) in [6, 6.07) is 7.34. The smallest absolute Gasteiger partial charge is 0.207 e. The third-order valence-corrected chi connectivity index (χ3v) is 5.80. The molecule has 0 amide bonds. The Morgan fingerprint density at radius 3 is 2.05 bits per heavy atom. The number of hydrogen-bond donors (Lipinski definition) is 0. The predicted molar refractivity (Wildman–Crippen MR) is 93.7 cm³/mol. The first-order valence-corrected chi connectivity index (χ1v) is 9.78. The summed E-state index contributed by atoms with van der Waals surface area (Å²) in [6.07, 6.45) is 4.58. The summed E-state index contributed by atoms with van der Waals surface area (Å²) in [4.78, 5) is 0.428. The standard InChI is InChI=1S/C14H21NO2S.C4H10/c1-14(2,3)12-7-6-8-13(11-12)18(16,17)15-9-4-5-10-15;1-3-4-2/h6-8,11H,4-5,9-10H2,1-3H3;3-4H2,1-2H3. The largest absolute Gasteiger partial charge is 0.243 e. The van der Waals surface area contributed by atoms with Crippen LogP contribution in [0.15, 0.2) is 29.2 Å². The molecule has 3 nitrogen and oxygen atoms in total. The number of nitrogens with zero attached hydrogens (tertiary/aromatic N) is 1. The second-order valence-corrected chi connectivity index (χ2v) is 8.83. The van der Waals surface area contributed by atoms with Crippen LogP contribution in [0.5, 0.6) is 0 Å². The maximum Gasteiger partial charge on any atom is 0.243 e. The summed E-state index contributed by atoms with van der Waals surface area (Å²) in [7, 11) is -3.29. The Hall–Kier alpha value is -0.870. The first-order chi connectivity index (χ1) is 10.2. The fourth-order valence-electron chi connectivity index (χ4n) is 2.20. The van der Waals surface area contributed by atoms with E-state index in [0.717, 1.165) is 18.4 Å². The number of rotatable bonds is 3. The van der Waals surface area contributed by atoms with Crippen molar-refractivity contribution in [2.75, 3.05) is 13.1 Å². The minimum Gasteiger partial charge on any atom is -0.207 e. The van der Waals surface area contributed by atoms with Gasteiger partial charge < -0.3 is 0 Å². The molecule has 1 aliphatic rings. The van der Waals surface area contributed by atoms with Crippen molar-refractivity contribution in [3.63, 3.8) is 0 Å². The molecule has 0 unspecified atom stereocenters. The molecule has 0 radical (unpaired) electrons. The Kier molecular flexibility index (Phi) is 7.07. The van der Waals surface area contributed by atoms with E-state index >= 15 is 0 Å². The van der Waals surface area contributed by atoms with Crippen LogP contribution in [0.4, 0.5) is 0 Å². The SMILES string of the molecule is CC(C)(C)c1cccc(S(=O)(=O)N2CCCC2)c1.CCCC. The molecule has 126 valence electrons. The van der Waals surface area contributed by atoms with Crippen molar-refractivity contribution in [2.45, 2.75) is 70.6 Å². The molecule has 0 aromatic heterocycles. The molecule has 0 saturated carbocycles. The van der Waals surface area contributed by atoms with E-state index in [2.05, 4.69) is 34.6 Å². The quantitative estimate of drug-likeness (QED) is 0.816. The zero-order valence-corrected chi connectivity index (χ0v) is 15.5. The van der Waals surface area contributed by atoms with E-state index in [1.165, 1.54) is 12.8 Å². The molecule has 1 aliphatic heterocycles. The van der Waals surface area contributed by atoms with Crippen LogP contribution in [0, 0.1) is 0 Å². The molecule has 0 bridgehead atoms. The van der Waals surface area contributed by atoms with Crippen LogP contribution in [-0.4, -0.2) is 25.8 Å². The van der Waals surface area contributed by atoms with Gasteiger partial charge in [-0.3, -0.25) is 0 Å². The van der Waals surface area contributed by atoms with Gasteiger partial charge >= 0.3 is 0 Å². The van der Waals surface area contributed by atoms with Gasteiger partial charge in [0.25, 0.3) is 0 Å². The van der Waals surface area contributed by atoms with Crippen LogP contribution in [0.1, 0.15) is 65.9 Å². The molecule has 0 aliphatic carbocycles. The lowest BCUT2D eigenvalue weighted by Gasteiger charge is -2.21. The van der Waals surface area contributed by atoms with Gasteiger partial charge in [0.1, 0.15) is 0 Å². The molecule has 0 atom stereocenters. The fraction of sp³-hybridized carbons (Fsp3) is 0.667. The maximum absolute atomic E-state index is 12.4. The van der Waals surface area contributed by atoms with E-state index in [9.17, 15) is 8.42 Å². The molecule has 22 heavy (non-hydrogen) atoms. The lowest BCUT2D eigenvalue weighted by atomic mass is 9.87. The monoisotopic (exact) mass is 325 g/mol. The van der Waals surface area contributed by atoms with E-state index in [1.807, 2.05) is 18.2 Å². The molecule has 0 N–H and O–H groups in total. The Bertz CT molecular complexity index is 551. The highest BCUT2D eigenvalue weighted by molar-refractivity contribution is 7.89. The molecule has 0 spiro atoms. The van der Waals surface area contributed by atoms with Gasteiger partial charge in [-0.1, -0.05) is 59.6 Å². The third-order valence-electron chi connectivity index (χ3n) is 3.90. The van der Waals surface area contributed by atoms with Crippen molar-refractivity contribution >= 4 is 10.0 Å². The second-order valence-electron chi connectivity index (χ2n) is 6.89. The zero-order valence-electron chi connectivity index (χ0n) is 14.7. The maximum atomic E-state index is 12.4. The molecule has 1 heterocycles. The fourth-order valence-corrected chi connectivity index (χ4v) is 3.76. The first-order valence-electron chi connectivity index (χ1n) is 8.34. The molecule has 2 rings (SSSR count). The molecule has 4 heteroatoms. The van der Waals surface area contributed by atoms with E-state index in [1.54, 1.807) is 10.4 Å². The first kappa shape index (κ1) is 19.2. The second kappa shape index (κ2) is 8.11. The van der Waals surface area contributed by atoms with Crippen LogP contribution < -0.4 is 0 Å². The number of unbranched alkanes of at least 4 members (excludes halogenated alkanes) is 1. The van der Waals surface area contributed by atoms with Gasteiger partial charge in [0.2, 0.25) is 10.0 Å². The van der Waals surface area contributed by atoms with Crippen LogP contribution in [0.25, 0.3) is 0 Å². The van der Waals surface area contributed by atoms with Crippen molar-refractivity contribution < 1.29 is 8.42 Å². The van der Waals surface area contributed by atoms with Gasteiger partial charge in [0, 0.05) is 13.1 Å². The predicted octanol–water partition coefficient (Wildman–Crippen LogP) is 4.58. The van der Waals surface area contributed by atoms with Gasteiger partial charge in [-0.25, -0.2) is 8.42 Å². The Labute approximate surface area is 136 Å². The summed E-state index contributed by atoms with van der Waals surface area (Å²) < 4.78 is 26.5. The van der Waals surface area contributed by atoms with Crippen LogP contribution in [0.3, 0.4) is 0 Å². The lowest BCUT2D eigenvalue weighted by molar-refractivity contribution is 0.477. The minimum absolute atomic E-state index is 0.0312. The topological polar surface area (TPSA) is 37.4 Å². The normalized spacial score (nSPS) is 16.2. The lowest BCUT2D eigenvalue weighted by Crippen LogP contribution is -2.28. The Morgan fingerprint density at radius 1 is 1.05 bits per heavy atom. The number of benzene rings is 1. The van der Waals surface area contributed by atoms with Crippen molar-refractivity contribution in [1.82, 2.24) is 4.31 Å². The molecule has 1 saturated heterocycles. The van der Waals surface area contributed by atoms with Crippen molar-refractivity contribution in [2.24, 2.45) is 0 Å². The summed E-state index contributed by atoms with van der Waals surface area (Å²) in [5.74, 6) is 0. The van der Waals surface area contributed by atoms with E-state index < -0.39 is 10.0 Å². The Balaban J connectivity index is 0.000000541. The zero-order chi connectivity index (χ0) is 16.8. The summed E-state index contributed by atoms with van der Waals surface area (Å²) in [5, 5.41) is 0. The van der Waals surface area contributed by atoms with Gasteiger partial charge in [-0.05, 0) is 36.0 Å². The summed E-state index contributed by atoms with van der Waals surface area (Å²) >= 11 is 0. The highest BCUT2D eigenvalue weighted by atomic mass is 32.2. The molecular weight excluding hydrogens is 294 g/mol. The number of sulfonamides is 1. The molecule has 1 fully saturated rings. The molecule has 1 aromatic rings. The third kappa shape index (κ3) is 5.10. The average Bonchev–Trinajstić information content (AvgIpc) is 3.02. The highest BCUT2D eigenvalue weighted by Gasteiger charge is 2.28. The Morgan fingerprint density at radius 2 is 1.59 bits per heavy atom. The van der Waals surface area contributed by atoms with Crippen molar-refractivity contribution in [3.05, 3.63) is 29.8 Å². The van der Waals surface area contributed by atoms with Crippen molar-refractivity contribution in [1.29, 1.82) is 0 Å². The van der Waals surface area contributed by atoms with Crippen molar-refractivity contribution in [3.8, 4) is 0 Å². The number of hydrogen-bond acceptors (Lipinski definition) is 2. The van der Waals surface area contributed by atoms with Gasteiger partial charge in [0.15, 0.2) is 0 Å². The minimum atomic E-state index is -3.29.